The van der Waals surface area contributed by atoms with E-state index < -0.39 is 0 Å². The maximum Gasteiger partial charge on any atom is 0.223 e. The molecule has 0 spiro atoms. The molecular formula is C14H15BrN2O2. The molecule has 0 aliphatic rings. The van der Waals surface area contributed by atoms with E-state index in [9.17, 15) is 0 Å². The first-order valence-electron chi connectivity index (χ1n) is 5.84. The molecule has 0 saturated heterocycles. The Bertz CT molecular complexity index is 561. The molecule has 5 heteroatoms. The lowest BCUT2D eigenvalue weighted by atomic mass is 10.2. The van der Waals surface area contributed by atoms with Crippen molar-refractivity contribution in [2.75, 3.05) is 14.2 Å². The summed E-state index contributed by atoms with van der Waals surface area (Å²) in [7, 11) is 3.50. The minimum absolute atomic E-state index is 0.571. The Labute approximate surface area is 120 Å². The monoisotopic (exact) mass is 322 g/mol. The van der Waals surface area contributed by atoms with E-state index >= 15 is 0 Å². The minimum Gasteiger partial charge on any atom is -0.493 e. The zero-order chi connectivity index (χ0) is 13.7. The number of ether oxygens (including phenoxy) is 2. The summed E-state index contributed by atoms with van der Waals surface area (Å²) in [4.78, 5) is 4.30. The van der Waals surface area contributed by atoms with Crippen LogP contribution < -0.4 is 14.8 Å². The number of benzene rings is 1. The van der Waals surface area contributed by atoms with Gasteiger partial charge in [0, 0.05) is 22.8 Å². The molecule has 19 heavy (non-hydrogen) atoms. The van der Waals surface area contributed by atoms with Crippen LogP contribution in [0.25, 0.3) is 0 Å². The van der Waals surface area contributed by atoms with Crippen LogP contribution in [0.3, 0.4) is 0 Å². The molecule has 100 valence electrons. The molecule has 0 unspecified atom stereocenters. The molecule has 0 radical (unpaired) electrons. The number of hydrogen-bond donors (Lipinski definition) is 1. The smallest absolute Gasteiger partial charge is 0.223 e. The Morgan fingerprint density at radius 3 is 2.68 bits per heavy atom. The second kappa shape index (κ2) is 6.54. The van der Waals surface area contributed by atoms with Crippen molar-refractivity contribution in [3.05, 3.63) is 46.6 Å². The number of hydrogen-bond acceptors (Lipinski definition) is 4. The van der Waals surface area contributed by atoms with E-state index in [1.807, 2.05) is 37.4 Å². The predicted octanol–water partition coefficient (Wildman–Crippen LogP) is 3.36. The third-order valence-corrected chi connectivity index (χ3v) is 2.97. The molecule has 0 bridgehead atoms. The fraction of sp³-hybridized carbons (Fsp3) is 0.214. The molecule has 0 saturated carbocycles. The van der Waals surface area contributed by atoms with Gasteiger partial charge in [0.2, 0.25) is 5.88 Å². The van der Waals surface area contributed by atoms with Crippen LogP contribution in [0.1, 0.15) is 5.56 Å². The van der Waals surface area contributed by atoms with Crippen LogP contribution in [0.4, 0.5) is 0 Å². The van der Waals surface area contributed by atoms with Gasteiger partial charge in [-0.05, 0) is 41.2 Å². The first kappa shape index (κ1) is 13.8. The van der Waals surface area contributed by atoms with Crippen molar-refractivity contribution in [2.24, 2.45) is 0 Å². The first-order valence-corrected chi connectivity index (χ1v) is 6.63. The summed E-state index contributed by atoms with van der Waals surface area (Å²) in [6.45, 7) is 0.678. The van der Waals surface area contributed by atoms with Crippen molar-refractivity contribution in [1.29, 1.82) is 0 Å². The van der Waals surface area contributed by atoms with Gasteiger partial charge in [0.15, 0.2) is 11.5 Å². The largest absolute Gasteiger partial charge is 0.493 e. The number of halogens is 1. The summed E-state index contributed by atoms with van der Waals surface area (Å²) in [5.41, 5.74) is 0.975. The number of pyridine rings is 1. The summed E-state index contributed by atoms with van der Waals surface area (Å²) >= 11 is 3.41. The van der Waals surface area contributed by atoms with Crippen molar-refractivity contribution in [2.45, 2.75) is 6.54 Å². The third-order valence-electron chi connectivity index (χ3n) is 2.53. The van der Waals surface area contributed by atoms with Gasteiger partial charge < -0.3 is 14.8 Å². The highest BCUT2D eigenvalue weighted by Crippen LogP contribution is 2.32. The molecular weight excluding hydrogens is 308 g/mol. The molecule has 0 fully saturated rings. The van der Waals surface area contributed by atoms with Crippen LogP contribution in [0, 0.1) is 0 Å². The molecule has 1 aromatic carbocycles. The van der Waals surface area contributed by atoms with E-state index in [2.05, 4.69) is 26.2 Å². The predicted molar refractivity (Wildman–Crippen MR) is 77.8 cm³/mol. The summed E-state index contributed by atoms with van der Waals surface area (Å²) in [5.74, 6) is 1.90. The number of nitrogens with one attached hydrogen (secondary N) is 1. The van der Waals surface area contributed by atoms with Crippen molar-refractivity contribution >= 4 is 15.9 Å². The van der Waals surface area contributed by atoms with Crippen LogP contribution in [0.5, 0.6) is 17.4 Å². The van der Waals surface area contributed by atoms with Gasteiger partial charge >= 0.3 is 0 Å². The van der Waals surface area contributed by atoms with Gasteiger partial charge in [0.1, 0.15) is 0 Å². The lowest BCUT2D eigenvalue weighted by molar-refractivity contribution is 0.372. The number of methoxy groups -OCH3 is 1. The highest BCUT2D eigenvalue weighted by Gasteiger charge is 2.10. The average Bonchev–Trinajstić information content (AvgIpc) is 2.43. The molecule has 0 atom stereocenters. The van der Waals surface area contributed by atoms with Gasteiger partial charge in [0.05, 0.1) is 7.11 Å². The summed E-state index contributed by atoms with van der Waals surface area (Å²) < 4.78 is 12.0. The number of nitrogens with zero attached hydrogens (tertiary/aromatic N) is 1. The lowest BCUT2D eigenvalue weighted by Crippen LogP contribution is -2.07. The van der Waals surface area contributed by atoms with Gasteiger partial charge in [-0.3, -0.25) is 0 Å². The maximum atomic E-state index is 5.84. The quantitative estimate of drug-likeness (QED) is 0.916. The van der Waals surface area contributed by atoms with Crippen LogP contribution >= 0.6 is 15.9 Å². The fourth-order valence-corrected chi connectivity index (χ4v) is 2.06. The minimum atomic E-state index is 0.571. The number of para-hydroxylation sites is 2. The van der Waals surface area contributed by atoms with Crippen LogP contribution in [0.15, 0.2) is 41.0 Å². The summed E-state index contributed by atoms with van der Waals surface area (Å²) in [5, 5.41) is 3.09. The Balaban J connectivity index is 2.32. The SMILES string of the molecule is CNCc1cc(Br)cnc1Oc1ccccc1OC. The Morgan fingerprint density at radius 1 is 1.26 bits per heavy atom. The fourth-order valence-electron chi connectivity index (χ4n) is 1.68. The van der Waals surface area contributed by atoms with E-state index in [4.69, 9.17) is 9.47 Å². The Hall–Kier alpha value is -1.59. The van der Waals surface area contributed by atoms with Crippen molar-refractivity contribution in [3.63, 3.8) is 0 Å². The topological polar surface area (TPSA) is 43.4 Å². The number of aromatic nitrogens is 1. The average molecular weight is 323 g/mol. The van der Waals surface area contributed by atoms with Gasteiger partial charge in [-0.1, -0.05) is 12.1 Å². The van der Waals surface area contributed by atoms with Gasteiger partial charge in [-0.2, -0.15) is 0 Å². The van der Waals surface area contributed by atoms with E-state index in [1.54, 1.807) is 13.3 Å². The van der Waals surface area contributed by atoms with Crippen molar-refractivity contribution in [1.82, 2.24) is 10.3 Å². The van der Waals surface area contributed by atoms with Crippen molar-refractivity contribution < 1.29 is 9.47 Å². The Kier molecular flexibility index (Phi) is 4.76. The van der Waals surface area contributed by atoms with Crippen LogP contribution in [0.2, 0.25) is 0 Å². The molecule has 1 N–H and O–H groups in total. The number of rotatable bonds is 5. The van der Waals surface area contributed by atoms with Gasteiger partial charge in [-0.25, -0.2) is 4.98 Å². The molecule has 2 rings (SSSR count). The van der Waals surface area contributed by atoms with Crippen molar-refractivity contribution in [3.8, 4) is 17.4 Å². The summed E-state index contributed by atoms with van der Waals surface area (Å²) in [6.07, 6.45) is 1.71. The Morgan fingerprint density at radius 2 is 2.00 bits per heavy atom. The normalized spacial score (nSPS) is 10.3. The zero-order valence-corrected chi connectivity index (χ0v) is 12.4. The molecule has 0 aliphatic heterocycles. The van der Waals surface area contributed by atoms with Crippen LogP contribution in [-0.2, 0) is 6.54 Å². The lowest BCUT2D eigenvalue weighted by Gasteiger charge is -2.12. The zero-order valence-electron chi connectivity index (χ0n) is 10.8. The van der Waals surface area contributed by atoms with Crippen LogP contribution in [-0.4, -0.2) is 19.1 Å². The van der Waals surface area contributed by atoms with E-state index in [-0.39, 0.29) is 0 Å². The molecule has 4 nitrogen and oxygen atoms in total. The van der Waals surface area contributed by atoms with E-state index in [0.717, 1.165) is 10.0 Å². The molecule has 2 aromatic rings. The molecule has 1 aromatic heterocycles. The molecule has 0 amide bonds. The highest BCUT2D eigenvalue weighted by molar-refractivity contribution is 9.10. The maximum absolute atomic E-state index is 5.84. The third kappa shape index (κ3) is 3.45. The molecule has 1 heterocycles. The van der Waals surface area contributed by atoms with E-state index in [0.29, 0.717) is 23.9 Å². The van der Waals surface area contributed by atoms with Gasteiger partial charge in [-0.15, -0.1) is 0 Å². The van der Waals surface area contributed by atoms with Gasteiger partial charge in [0.25, 0.3) is 0 Å². The van der Waals surface area contributed by atoms with E-state index in [1.165, 1.54) is 0 Å². The second-order valence-electron chi connectivity index (χ2n) is 3.90. The highest BCUT2D eigenvalue weighted by atomic mass is 79.9. The second-order valence-corrected chi connectivity index (χ2v) is 4.82. The summed E-state index contributed by atoms with van der Waals surface area (Å²) in [6, 6.07) is 9.48. The standard InChI is InChI=1S/C14H15BrN2O2/c1-16-8-10-7-11(15)9-17-14(10)19-13-6-4-3-5-12(13)18-2/h3-7,9,16H,8H2,1-2H3. The first-order chi connectivity index (χ1) is 9.24. The molecule has 0 aliphatic carbocycles.